The first-order valence-electron chi connectivity index (χ1n) is 5.18. The number of hydrogen-bond acceptors (Lipinski definition) is 1. The van der Waals surface area contributed by atoms with Gasteiger partial charge in [0.1, 0.15) is 0 Å². The van der Waals surface area contributed by atoms with Gasteiger partial charge in [-0.3, -0.25) is 4.79 Å². The zero-order valence-electron chi connectivity index (χ0n) is 8.60. The molecule has 0 amide bonds. The van der Waals surface area contributed by atoms with Crippen molar-refractivity contribution in [3.63, 3.8) is 0 Å². The normalized spacial score (nSPS) is 14.9. The maximum Gasteiger partial charge on any atom is 0.450 e. The molecule has 1 aliphatic carbocycles. The summed E-state index contributed by atoms with van der Waals surface area (Å²) >= 11 is 0. The summed E-state index contributed by atoms with van der Waals surface area (Å²) in [4.78, 5) is 10.9. The Kier molecular flexibility index (Phi) is 2.74. The fourth-order valence-electron chi connectivity index (χ4n) is 2.14. The lowest BCUT2D eigenvalue weighted by Gasteiger charge is -2.09. The van der Waals surface area contributed by atoms with E-state index < -0.39 is 18.4 Å². The van der Waals surface area contributed by atoms with Crippen LogP contribution in [-0.2, 0) is 24.1 Å². The Hall–Kier alpha value is -1.32. The number of aryl methyl sites for hydroxylation is 1. The standard InChI is InChI=1S/C12H11F3O/c13-12(14,15)11(16)7-9-5-1-3-8-4-2-6-10(8)9/h1,3,5H,2,4,6-7H2. The summed E-state index contributed by atoms with van der Waals surface area (Å²) < 4.78 is 36.4. The van der Waals surface area contributed by atoms with Crippen molar-refractivity contribution in [3.05, 3.63) is 34.9 Å². The van der Waals surface area contributed by atoms with Crippen molar-refractivity contribution >= 4 is 5.78 Å². The molecule has 0 heterocycles. The number of carbonyl (C=O) groups excluding carboxylic acids is 1. The Bertz CT molecular complexity index is 421. The first-order chi connectivity index (χ1) is 7.48. The van der Waals surface area contributed by atoms with Gasteiger partial charge in [0.25, 0.3) is 0 Å². The third-order valence-electron chi connectivity index (χ3n) is 2.91. The number of hydrogen-bond donors (Lipinski definition) is 0. The molecule has 1 aromatic rings. The van der Waals surface area contributed by atoms with Gasteiger partial charge in [0.15, 0.2) is 0 Å². The number of benzene rings is 1. The Labute approximate surface area is 91.3 Å². The van der Waals surface area contributed by atoms with Gasteiger partial charge in [-0.05, 0) is 36.0 Å². The first-order valence-corrected chi connectivity index (χ1v) is 5.18. The summed E-state index contributed by atoms with van der Waals surface area (Å²) in [7, 11) is 0. The molecule has 0 unspecified atom stereocenters. The molecule has 0 bridgehead atoms. The molecular formula is C12H11F3O. The van der Waals surface area contributed by atoms with Crippen LogP contribution in [0.1, 0.15) is 23.1 Å². The van der Waals surface area contributed by atoms with Crippen LogP contribution in [-0.4, -0.2) is 12.0 Å². The van der Waals surface area contributed by atoms with Gasteiger partial charge in [-0.1, -0.05) is 18.2 Å². The smallest absolute Gasteiger partial charge is 0.289 e. The van der Waals surface area contributed by atoms with E-state index in [0.717, 1.165) is 30.4 Å². The van der Waals surface area contributed by atoms with E-state index in [2.05, 4.69) is 0 Å². The molecule has 0 fully saturated rings. The average Bonchev–Trinajstić information content (AvgIpc) is 2.65. The van der Waals surface area contributed by atoms with Gasteiger partial charge < -0.3 is 0 Å². The molecule has 0 saturated heterocycles. The summed E-state index contributed by atoms with van der Waals surface area (Å²) in [6.07, 6.45) is -2.58. The second-order valence-electron chi connectivity index (χ2n) is 4.01. The number of rotatable bonds is 2. The van der Waals surface area contributed by atoms with Gasteiger partial charge in [0, 0.05) is 6.42 Å². The van der Waals surface area contributed by atoms with Crippen molar-refractivity contribution in [1.29, 1.82) is 0 Å². The molecule has 0 radical (unpaired) electrons. The third-order valence-corrected chi connectivity index (χ3v) is 2.91. The van der Waals surface area contributed by atoms with Crippen LogP contribution in [0.4, 0.5) is 13.2 Å². The fourth-order valence-corrected chi connectivity index (χ4v) is 2.14. The Morgan fingerprint density at radius 1 is 1.25 bits per heavy atom. The van der Waals surface area contributed by atoms with Gasteiger partial charge in [-0.15, -0.1) is 0 Å². The summed E-state index contributed by atoms with van der Waals surface area (Å²) in [5.41, 5.74) is 2.57. The molecule has 86 valence electrons. The number of halogens is 3. The summed E-state index contributed by atoms with van der Waals surface area (Å²) in [5, 5.41) is 0. The second-order valence-corrected chi connectivity index (χ2v) is 4.01. The minimum absolute atomic E-state index is 0.521. The number of ketones is 1. The third kappa shape index (κ3) is 2.10. The van der Waals surface area contributed by atoms with Crippen LogP contribution >= 0.6 is 0 Å². The van der Waals surface area contributed by atoms with Crippen LogP contribution in [0.2, 0.25) is 0 Å². The Morgan fingerprint density at radius 3 is 2.69 bits per heavy atom. The number of carbonyl (C=O) groups is 1. The number of fused-ring (bicyclic) bond motifs is 1. The van der Waals surface area contributed by atoms with Crippen LogP contribution in [0.5, 0.6) is 0 Å². The first kappa shape index (κ1) is 11.2. The van der Waals surface area contributed by atoms with Crippen LogP contribution in [0.25, 0.3) is 0 Å². The van der Waals surface area contributed by atoms with E-state index in [4.69, 9.17) is 0 Å². The van der Waals surface area contributed by atoms with Gasteiger partial charge in [0.2, 0.25) is 5.78 Å². The van der Waals surface area contributed by atoms with Crippen LogP contribution in [0.15, 0.2) is 18.2 Å². The van der Waals surface area contributed by atoms with E-state index in [0.29, 0.717) is 5.56 Å². The fraction of sp³-hybridized carbons (Fsp3) is 0.417. The van der Waals surface area contributed by atoms with Crippen molar-refractivity contribution in [1.82, 2.24) is 0 Å². The zero-order chi connectivity index (χ0) is 11.8. The van der Waals surface area contributed by atoms with Crippen LogP contribution in [0.3, 0.4) is 0 Å². The molecule has 1 aromatic carbocycles. The number of Topliss-reactive ketones (excluding diaryl/α,β-unsaturated/α-hetero) is 1. The van der Waals surface area contributed by atoms with E-state index in [1.165, 1.54) is 0 Å². The lowest BCUT2D eigenvalue weighted by molar-refractivity contribution is -0.170. The Balaban J connectivity index is 2.23. The highest BCUT2D eigenvalue weighted by Crippen LogP contribution is 2.27. The average molecular weight is 228 g/mol. The molecule has 1 nitrogen and oxygen atoms in total. The van der Waals surface area contributed by atoms with Gasteiger partial charge in [0.05, 0.1) is 0 Å². The lowest BCUT2D eigenvalue weighted by atomic mass is 9.99. The maximum atomic E-state index is 12.1. The minimum atomic E-state index is -4.72. The monoisotopic (exact) mass is 228 g/mol. The molecular weight excluding hydrogens is 217 g/mol. The molecule has 4 heteroatoms. The highest BCUT2D eigenvalue weighted by atomic mass is 19.4. The van der Waals surface area contributed by atoms with E-state index in [1.54, 1.807) is 12.1 Å². The molecule has 0 saturated carbocycles. The van der Waals surface area contributed by atoms with E-state index in [1.807, 2.05) is 6.07 Å². The second kappa shape index (κ2) is 3.92. The molecule has 0 N–H and O–H groups in total. The van der Waals surface area contributed by atoms with Crippen LogP contribution < -0.4 is 0 Å². The molecule has 2 rings (SSSR count). The van der Waals surface area contributed by atoms with E-state index in [-0.39, 0.29) is 0 Å². The lowest BCUT2D eigenvalue weighted by Crippen LogP contribution is -2.25. The Morgan fingerprint density at radius 2 is 2.00 bits per heavy atom. The quantitative estimate of drug-likeness (QED) is 0.760. The van der Waals surface area contributed by atoms with Crippen LogP contribution in [0, 0.1) is 0 Å². The van der Waals surface area contributed by atoms with E-state index in [9.17, 15) is 18.0 Å². The highest BCUT2D eigenvalue weighted by Gasteiger charge is 2.38. The summed E-state index contributed by atoms with van der Waals surface area (Å²) in [6.45, 7) is 0. The molecule has 0 aromatic heterocycles. The largest absolute Gasteiger partial charge is 0.450 e. The molecule has 0 atom stereocenters. The summed E-state index contributed by atoms with van der Waals surface area (Å²) in [5.74, 6) is -1.66. The molecule has 0 aliphatic heterocycles. The van der Waals surface area contributed by atoms with Gasteiger partial charge in [-0.2, -0.15) is 13.2 Å². The van der Waals surface area contributed by atoms with Crippen molar-refractivity contribution < 1.29 is 18.0 Å². The van der Waals surface area contributed by atoms with Crippen molar-refractivity contribution in [2.24, 2.45) is 0 Å². The highest BCUT2D eigenvalue weighted by molar-refractivity contribution is 5.86. The zero-order valence-corrected chi connectivity index (χ0v) is 8.60. The van der Waals surface area contributed by atoms with Gasteiger partial charge in [-0.25, -0.2) is 0 Å². The summed E-state index contributed by atoms with van der Waals surface area (Å²) in [6, 6.07) is 5.26. The predicted octanol–water partition coefficient (Wildman–Crippen LogP) is 2.85. The maximum absolute atomic E-state index is 12.1. The SMILES string of the molecule is O=C(Cc1cccc2c1CCC2)C(F)(F)F. The molecule has 1 aliphatic rings. The van der Waals surface area contributed by atoms with Crippen molar-refractivity contribution in [2.45, 2.75) is 31.9 Å². The molecule has 16 heavy (non-hydrogen) atoms. The minimum Gasteiger partial charge on any atom is -0.289 e. The topological polar surface area (TPSA) is 17.1 Å². The predicted molar refractivity (Wildman–Crippen MR) is 53.2 cm³/mol. The van der Waals surface area contributed by atoms with Gasteiger partial charge >= 0.3 is 6.18 Å². The molecule has 0 spiro atoms. The number of alkyl halides is 3. The van der Waals surface area contributed by atoms with Crippen molar-refractivity contribution in [3.8, 4) is 0 Å². The van der Waals surface area contributed by atoms with E-state index >= 15 is 0 Å². The van der Waals surface area contributed by atoms with Crippen molar-refractivity contribution in [2.75, 3.05) is 0 Å².